The normalized spacial score (nSPS) is 15.0. The summed E-state index contributed by atoms with van der Waals surface area (Å²) >= 11 is 0. The van der Waals surface area contributed by atoms with Crippen LogP contribution < -0.4 is 11.2 Å². The molecule has 3 rings (SSSR count). The minimum Gasteiger partial charge on any atom is -0.394 e. The van der Waals surface area contributed by atoms with Crippen LogP contribution in [0.3, 0.4) is 0 Å². The Labute approximate surface area is 178 Å². The molecular weight excluding hydrogens is 404 g/mol. The third-order valence-corrected chi connectivity index (χ3v) is 5.35. The van der Waals surface area contributed by atoms with Crippen molar-refractivity contribution in [3.8, 4) is 11.5 Å². The smallest absolute Gasteiger partial charge is 0.352 e. The van der Waals surface area contributed by atoms with E-state index in [1.165, 1.54) is 4.57 Å². The fraction of sp³-hybridized carbons (Fsp3) is 0.524. The fourth-order valence-electron chi connectivity index (χ4n) is 3.50. The summed E-state index contributed by atoms with van der Waals surface area (Å²) in [6.45, 7) is 6.71. The minimum absolute atomic E-state index is 0.0181. The average Bonchev–Trinajstić information content (AvgIpc) is 2.71. The zero-order valence-corrected chi connectivity index (χ0v) is 18.0. The van der Waals surface area contributed by atoms with Gasteiger partial charge < -0.3 is 25.0 Å². The maximum absolute atomic E-state index is 13.1. The molecule has 4 N–H and O–H groups in total. The SMILES string of the molecule is Cc1cc2nc3c(=O)n(CC(C)C)c(=O)nc-3n(C[C@H](O)[C@H](O)[C@H](O)CO)c2cc1C. The molecule has 0 saturated heterocycles. The third-order valence-electron chi connectivity index (χ3n) is 5.35. The average molecular weight is 432 g/mol. The van der Waals surface area contributed by atoms with E-state index in [-0.39, 0.29) is 30.5 Å². The molecule has 0 bridgehead atoms. The van der Waals surface area contributed by atoms with Gasteiger partial charge in [0.05, 0.1) is 24.2 Å². The highest BCUT2D eigenvalue weighted by Crippen LogP contribution is 2.24. The Morgan fingerprint density at radius 2 is 1.58 bits per heavy atom. The summed E-state index contributed by atoms with van der Waals surface area (Å²) in [7, 11) is 0. The molecule has 0 aliphatic carbocycles. The van der Waals surface area contributed by atoms with Crippen LogP contribution >= 0.6 is 0 Å². The number of benzene rings is 1. The van der Waals surface area contributed by atoms with Crippen molar-refractivity contribution in [2.24, 2.45) is 5.92 Å². The molecule has 0 amide bonds. The predicted octanol–water partition coefficient (Wildman–Crippen LogP) is -0.594. The van der Waals surface area contributed by atoms with E-state index in [2.05, 4.69) is 9.97 Å². The molecule has 31 heavy (non-hydrogen) atoms. The lowest BCUT2D eigenvalue weighted by atomic mass is 10.1. The molecule has 0 spiro atoms. The second-order valence-corrected chi connectivity index (χ2v) is 8.33. The molecule has 3 atom stereocenters. The van der Waals surface area contributed by atoms with Crippen LogP contribution in [0.4, 0.5) is 0 Å². The van der Waals surface area contributed by atoms with Gasteiger partial charge in [-0.1, -0.05) is 13.8 Å². The molecule has 1 aromatic carbocycles. The maximum Gasteiger partial charge on any atom is 0.352 e. The topological polar surface area (TPSA) is 151 Å². The Kier molecular flexibility index (Phi) is 6.56. The summed E-state index contributed by atoms with van der Waals surface area (Å²) in [6, 6.07) is 3.59. The van der Waals surface area contributed by atoms with Crippen molar-refractivity contribution >= 4 is 11.0 Å². The molecule has 1 aromatic rings. The van der Waals surface area contributed by atoms with Crippen molar-refractivity contribution in [2.75, 3.05) is 6.61 Å². The largest absolute Gasteiger partial charge is 0.394 e. The van der Waals surface area contributed by atoms with Crippen molar-refractivity contribution in [3.05, 3.63) is 44.1 Å². The number of hydrogen-bond donors (Lipinski definition) is 4. The Morgan fingerprint density at radius 1 is 0.935 bits per heavy atom. The fourth-order valence-corrected chi connectivity index (χ4v) is 3.50. The van der Waals surface area contributed by atoms with E-state index >= 15 is 0 Å². The highest BCUT2D eigenvalue weighted by Gasteiger charge is 2.28. The summed E-state index contributed by atoms with van der Waals surface area (Å²) in [4.78, 5) is 34.2. The molecule has 168 valence electrons. The third kappa shape index (κ3) is 4.38. The van der Waals surface area contributed by atoms with E-state index in [1.807, 2.05) is 27.7 Å². The number of hydrogen-bond acceptors (Lipinski definition) is 8. The Morgan fingerprint density at radius 3 is 2.19 bits per heavy atom. The van der Waals surface area contributed by atoms with Gasteiger partial charge in [0, 0.05) is 6.54 Å². The van der Waals surface area contributed by atoms with Crippen LogP contribution in [0.1, 0.15) is 25.0 Å². The van der Waals surface area contributed by atoms with Crippen LogP contribution in [-0.2, 0) is 13.1 Å². The molecular formula is C21H28N4O6. The lowest BCUT2D eigenvalue weighted by Crippen LogP contribution is -2.43. The molecule has 10 nitrogen and oxygen atoms in total. The summed E-state index contributed by atoms with van der Waals surface area (Å²) in [5.74, 6) is 0.0227. The van der Waals surface area contributed by atoms with Gasteiger partial charge in [-0.3, -0.25) is 9.36 Å². The highest BCUT2D eigenvalue weighted by atomic mass is 16.4. The van der Waals surface area contributed by atoms with Crippen molar-refractivity contribution in [2.45, 2.75) is 59.1 Å². The van der Waals surface area contributed by atoms with Crippen LogP contribution in [-0.4, -0.2) is 64.4 Å². The van der Waals surface area contributed by atoms with E-state index in [4.69, 9.17) is 5.11 Å². The van der Waals surface area contributed by atoms with Gasteiger partial charge in [0.15, 0.2) is 11.5 Å². The van der Waals surface area contributed by atoms with Crippen molar-refractivity contribution in [1.29, 1.82) is 0 Å². The molecule has 0 radical (unpaired) electrons. The van der Waals surface area contributed by atoms with E-state index in [0.29, 0.717) is 11.0 Å². The summed E-state index contributed by atoms with van der Waals surface area (Å²) < 4.78 is 2.49. The standard InChI is InChI=1S/C21H28N4O6/c1-10(2)7-25-20(30)17-19(23-21(25)31)24(8-15(27)18(29)16(28)9-26)14-6-12(4)11(3)5-13(14)22-17/h5-6,10,15-16,18,26-29H,7-9H2,1-4H3/t15-,16+,18-/m0/s1. The number of rotatable bonds is 7. The summed E-state index contributed by atoms with van der Waals surface area (Å²) in [5, 5.41) is 39.3. The zero-order chi connectivity index (χ0) is 23.0. The molecule has 0 saturated carbocycles. The second-order valence-electron chi connectivity index (χ2n) is 8.33. The van der Waals surface area contributed by atoms with Gasteiger partial charge in [-0.15, -0.1) is 0 Å². The summed E-state index contributed by atoms with van der Waals surface area (Å²) in [5.41, 5.74) is 1.50. The van der Waals surface area contributed by atoms with E-state index < -0.39 is 36.2 Å². The molecule has 2 aliphatic heterocycles. The maximum atomic E-state index is 13.1. The van der Waals surface area contributed by atoms with Gasteiger partial charge >= 0.3 is 5.69 Å². The number of aliphatic hydroxyl groups is 4. The van der Waals surface area contributed by atoms with E-state index in [1.54, 1.807) is 12.1 Å². The van der Waals surface area contributed by atoms with E-state index in [0.717, 1.165) is 15.7 Å². The number of aliphatic hydroxyl groups excluding tert-OH is 4. The number of fused-ring (bicyclic) bond motifs is 2. The van der Waals surface area contributed by atoms with Gasteiger partial charge in [-0.05, 0) is 43.0 Å². The Balaban J connectivity index is 2.31. The van der Waals surface area contributed by atoms with Crippen LogP contribution in [0.25, 0.3) is 22.6 Å². The van der Waals surface area contributed by atoms with Gasteiger partial charge in [-0.25, -0.2) is 9.78 Å². The monoisotopic (exact) mass is 432 g/mol. The number of aromatic nitrogens is 4. The minimum atomic E-state index is -1.64. The van der Waals surface area contributed by atoms with Crippen LogP contribution in [0.15, 0.2) is 21.7 Å². The summed E-state index contributed by atoms with van der Waals surface area (Å²) in [6.07, 6.45) is -4.70. The lowest BCUT2D eigenvalue weighted by molar-refractivity contribution is -0.0802. The number of nitrogens with zero attached hydrogens (tertiary/aromatic N) is 4. The van der Waals surface area contributed by atoms with Crippen LogP contribution in [0.5, 0.6) is 0 Å². The molecule has 2 aliphatic rings. The first-order valence-electron chi connectivity index (χ1n) is 10.1. The van der Waals surface area contributed by atoms with Crippen LogP contribution in [0, 0.1) is 19.8 Å². The number of aryl methyl sites for hydroxylation is 2. The van der Waals surface area contributed by atoms with Crippen molar-refractivity contribution in [1.82, 2.24) is 19.1 Å². The van der Waals surface area contributed by atoms with E-state index in [9.17, 15) is 24.9 Å². The first-order valence-corrected chi connectivity index (χ1v) is 10.1. The Hall–Kier alpha value is -2.66. The zero-order valence-electron chi connectivity index (χ0n) is 18.0. The van der Waals surface area contributed by atoms with Gasteiger partial charge in [0.25, 0.3) is 5.56 Å². The molecule has 0 fully saturated rings. The Bertz CT molecular complexity index is 1190. The first-order chi connectivity index (χ1) is 14.5. The second kappa shape index (κ2) is 8.83. The predicted molar refractivity (Wildman–Crippen MR) is 114 cm³/mol. The van der Waals surface area contributed by atoms with Crippen molar-refractivity contribution < 1.29 is 20.4 Å². The molecule has 0 unspecified atom stereocenters. The van der Waals surface area contributed by atoms with Gasteiger partial charge in [0.2, 0.25) is 0 Å². The molecule has 0 aromatic heterocycles. The molecule has 10 heteroatoms. The lowest BCUT2D eigenvalue weighted by Gasteiger charge is -2.25. The van der Waals surface area contributed by atoms with Gasteiger partial charge in [-0.2, -0.15) is 4.98 Å². The first kappa shape index (κ1) is 23.0. The molecule has 2 heterocycles. The van der Waals surface area contributed by atoms with Gasteiger partial charge in [0.1, 0.15) is 18.3 Å². The highest BCUT2D eigenvalue weighted by molar-refractivity contribution is 5.81. The van der Waals surface area contributed by atoms with Crippen LogP contribution in [0.2, 0.25) is 0 Å². The quantitative estimate of drug-likeness (QED) is 0.362. The van der Waals surface area contributed by atoms with Crippen molar-refractivity contribution in [3.63, 3.8) is 0 Å².